The van der Waals surface area contributed by atoms with Gasteiger partial charge in [0, 0.05) is 12.6 Å². The first kappa shape index (κ1) is 18.4. The summed E-state index contributed by atoms with van der Waals surface area (Å²) >= 11 is 0. The van der Waals surface area contributed by atoms with Gasteiger partial charge in [-0.05, 0) is 53.4 Å². The van der Waals surface area contributed by atoms with E-state index in [1.165, 1.54) is 0 Å². The molecule has 0 aromatic carbocycles. The number of aliphatic hydroxyl groups excluding tert-OH is 1. The Balaban J connectivity index is 1.92. The Morgan fingerprint density at radius 1 is 1.38 bits per heavy atom. The molecule has 8 heteroatoms. The number of hydrogen-bond acceptors (Lipinski definition) is 5. The maximum Gasteiger partial charge on any atom is 0.274 e. The van der Waals surface area contributed by atoms with Crippen molar-refractivity contribution >= 4 is 11.8 Å². The average Bonchev–Trinajstić information content (AvgIpc) is 3.25. The van der Waals surface area contributed by atoms with Crippen LogP contribution in [0.5, 0.6) is 0 Å². The van der Waals surface area contributed by atoms with Crippen molar-refractivity contribution in [2.24, 2.45) is 5.92 Å². The number of nitrogens with zero attached hydrogens (tertiary/aromatic N) is 3. The molecule has 0 aliphatic heterocycles. The van der Waals surface area contributed by atoms with Crippen LogP contribution in [0.1, 0.15) is 62.8 Å². The standard InChI is InChI=1S/C16H27N5O3/c1-9(2)21-10(3)12(19-20-21)14(23)18-16(4,5)8-17-15(24)13(22)11-6-7-11/h9,11,13,22H,6-8H2,1-5H3,(H,17,24)(H,18,23). The summed E-state index contributed by atoms with van der Waals surface area (Å²) in [5, 5.41) is 23.3. The lowest BCUT2D eigenvalue weighted by atomic mass is 10.0. The van der Waals surface area contributed by atoms with E-state index in [0.717, 1.165) is 12.8 Å². The van der Waals surface area contributed by atoms with Crippen molar-refractivity contribution in [2.75, 3.05) is 6.54 Å². The topological polar surface area (TPSA) is 109 Å². The summed E-state index contributed by atoms with van der Waals surface area (Å²) in [5.41, 5.74) is 0.303. The third-order valence-electron chi connectivity index (χ3n) is 4.13. The van der Waals surface area contributed by atoms with Crippen LogP contribution < -0.4 is 10.6 Å². The summed E-state index contributed by atoms with van der Waals surface area (Å²) in [6.45, 7) is 9.56. The molecule has 2 amide bonds. The first-order chi connectivity index (χ1) is 11.1. The Morgan fingerprint density at radius 3 is 2.50 bits per heavy atom. The summed E-state index contributed by atoms with van der Waals surface area (Å²) in [7, 11) is 0. The van der Waals surface area contributed by atoms with E-state index in [0.29, 0.717) is 5.69 Å². The molecule has 1 aromatic rings. The van der Waals surface area contributed by atoms with E-state index in [1.54, 1.807) is 25.5 Å². The number of carbonyl (C=O) groups excluding carboxylic acids is 2. The Hall–Kier alpha value is -1.96. The van der Waals surface area contributed by atoms with Crippen molar-refractivity contribution < 1.29 is 14.7 Å². The van der Waals surface area contributed by atoms with Gasteiger partial charge in [0.05, 0.1) is 11.2 Å². The zero-order valence-corrected chi connectivity index (χ0v) is 15.0. The summed E-state index contributed by atoms with van der Waals surface area (Å²) < 4.78 is 1.69. The maximum atomic E-state index is 12.4. The van der Waals surface area contributed by atoms with E-state index in [1.807, 2.05) is 13.8 Å². The first-order valence-electron chi connectivity index (χ1n) is 8.32. The van der Waals surface area contributed by atoms with E-state index < -0.39 is 11.6 Å². The molecule has 1 saturated carbocycles. The van der Waals surface area contributed by atoms with Gasteiger partial charge >= 0.3 is 0 Å². The van der Waals surface area contributed by atoms with Crippen molar-refractivity contribution in [3.8, 4) is 0 Å². The number of aliphatic hydroxyl groups is 1. The fourth-order valence-corrected chi connectivity index (χ4v) is 2.49. The zero-order valence-electron chi connectivity index (χ0n) is 15.0. The molecule has 0 bridgehead atoms. The van der Waals surface area contributed by atoms with Gasteiger partial charge in [0.15, 0.2) is 5.69 Å². The number of hydrogen-bond donors (Lipinski definition) is 3. The summed E-state index contributed by atoms with van der Waals surface area (Å²) in [6.07, 6.45) is 0.823. The summed E-state index contributed by atoms with van der Waals surface area (Å²) in [5.74, 6) is -0.639. The lowest BCUT2D eigenvalue weighted by Crippen LogP contribution is -2.53. The molecule has 134 valence electrons. The monoisotopic (exact) mass is 337 g/mol. The number of aromatic nitrogens is 3. The number of nitrogens with one attached hydrogen (secondary N) is 2. The SMILES string of the molecule is Cc1c(C(=O)NC(C)(C)CNC(=O)C(O)C2CC2)nnn1C(C)C. The fraction of sp³-hybridized carbons (Fsp3) is 0.750. The van der Waals surface area contributed by atoms with Crippen LogP contribution in [0.2, 0.25) is 0 Å². The molecule has 1 atom stereocenters. The summed E-state index contributed by atoms with van der Waals surface area (Å²) in [6, 6.07) is 0.121. The van der Waals surface area contributed by atoms with Crippen LogP contribution in [0.15, 0.2) is 0 Å². The summed E-state index contributed by atoms with van der Waals surface area (Å²) in [4.78, 5) is 24.3. The fourth-order valence-electron chi connectivity index (χ4n) is 2.49. The van der Waals surface area contributed by atoms with E-state index in [9.17, 15) is 14.7 Å². The van der Waals surface area contributed by atoms with Gasteiger partial charge in [-0.25, -0.2) is 4.68 Å². The number of carbonyl (C=O) groups is 2. The third kappa shape index (κ3) is 4.31. The van der Waals surface area contributed by atoms with Crippen molar-refractivity contribution in [3.63, 3.8) is 0 Å². The van der Waals surface area contributed by atoms with Gasteiger partial charge in [0.2, 0.25) is 5.91 Å². The molecule has 1 heterocycles. The van der Waals surface area contributed by atoms with Crippen molar-refractivity contribution in [3.05, 3.63) is 11.4 Å². The molecule has 24 heavy (non-hydrogen) atoms. The lowest BCUT2D eigenvalue weighted by molar-refractivity contribution is -0.130. The Bertz CT molecular complexity index is 619. The third-order valence-corrected chi connectivity index (χ3v) is 4.13. The minimum atomic E-state index is -0.954. The van der Waals surface area contributed by atoms with Crippen LogP contribution in [-0.4, -0.2) is 50.1 Å². The predicted octanol–water partition coefficient (Wildman–Crippen LogP) is 0.563. The molecular formula is C16H27N5O3. The van der Waals surface area contributed by atoms with Crippen molar-refractivity contribution in [1.82, 2.24) is 25.6 Å². The molecule has 8 nitrogen and oxygen atoms in total. The Labute approximate surface area is 142 Å². The van der Waals surface area contributed by atoms with Crippen LogP contribution in [0, 0.1) is 12.8 Å². The van der Waals surface area contributed by atoms with Gasteiger partial charge in [0.25, 0.3) is 5.91 Å². The predicted molar refractivity (Wildman–Crippen MR) is 88.4 cm³/mol. The lowest BCUT2D eigenvalue weighted by Gasteiger charge is -2.27. The van der Waals surface area contributed by atoms with Crippen molar-refractivity contribution in [1.29, 1.82) is 0 Å². The Morgan fingerprint density at radius 2 is 2.00 bits per heavy atom. The molecule has 1 aliphatic carbocycles. The average molecular weight is 337 g/mol. The van der Waals surface area contributed by atoms with E-state index >= 15 is 0 Å². The molecular weight excluding hydrogens is 310 g/mol. The molecule has 2 rings (SSSR count). The smallest absolute Gasteiger partial charge is 0.274 e. The number of rotatable bonds is 7. The second-order valence-corrected chi connectivity index (χ2v) is 7.40. The highest BCUT2D eigenvalue weighted by atomic mass is 16.3. The van der Waals surface area contributed by atoms with Gasteiger partial charge in [-0.15, -0.1) is 5.10 Å². The highest BCUT2D eigenvalue weighted by Gasteiger charge is 2.35. The van der Waals surface area contributed by atoms with Gasteiger partial charge in [-0.1, -0.05) is 5.21 Å². The molecule has 1 aromatic heterocycles. The molecule has 1 aliphatic rings. The van der Waals surface area contributed by atoms with Crippen LogP contribution in [0.3, 0.4) is 0 Å². The molecule has 3 N–H and O–H groups in total. The highest BCUT2D eigenvalue weighted by Crippen LogP contribution is 2.32. The van der Waals surface area contributed by atoms with Gasteiger partial charge < -0.3 is 15.7 Å². The number of amides is 2. The second-order valence-electron chi connectivity index (χ2n) is 7.40. The van der Waals surface area contributed by atoms with E-state index in [-0.39, 0.29) is 36.0 Å². The van der Waals surface area contributed by atoms with Gasteiger partial charge in [-0.3, -0.25) is 9.59 Å². The maximum absolute atomic E-state index is 12.4. The second kappa shape index (κ2) is 6.88. The molecule has 0 saturated heterocycles. The molecule has 1 fully saturated rings. The first-order valence-corrected chi connectivity index (χ1v) is 8.32. The quantitative estimate of drug-likeness (QED) is 0.674. The largest absolute Gasteiger partial charge is 0.383 e. The van der Waals surface area contributed by atoms with E-state index in [2.05, 4.69) is 20.9 Å². The molecule has 0 radical (unpaired) electrons. The minimum Gasteiger partial charge on any atom is -0.383 e. The van der Waals surface area contributed by atoms with Gasteiger partial charge in [0.1, 0.15) is 6.10 Å². The van der Waals surface area contributed by atoms with Crippen molar-refractivity contribution in [2.45, 2.75) is 65.1 Å². The molecule has 0 spiro atoms. The minimum absolute atomic E-state index is 0.0800. The van der Waals surface area contributed by atoms with Gasteiger partial charge in [-0.2, -0.15) is 0 Å². The van der Waals surface area contributed by atoms with Crippen LogP contribution in [-0.2, 0) is 4.79 Å². The van der Waals surface area contributed by atoms with Crippen LogP contribution >= 0.6 is 0 Å². The highest BCUT2D eigenvalue weighted by molar-refractivity contribution is 5.93. The Kier molecular flexibility index (Phi) is 5.27. The van der Waals surface area contributed by atoms with Crippen LogP contribution in [0.4, 0.5) is 0 Å². The molecule has 1 unspecified atom stereocenters. The normalized spacial score (nSPS) is 16.1. The van der Waals surface area contributed by atoms with Crippen LogP contribution in [0.25, 0.3) is 0 Å². The zero-order chi connectivity index (χ0) is 18.1. The van der Waals surface area contributed by atoms with E-state index in [4.69, 9.17) is 0 Å².